The van der Waals surface area contributed by atoms with Crippen LogP contribution in [0.2, 0.25) is 0 Å². The third-order valence-corrected chi connectivity index (χ3v) is 7.54. The number of nitrogens with two attached hydrogens (primary N) is 1. The molecule has 1 aliphatic heterocycles. The Bertz CT molecular complexity index is 644. The molecular formula is C14H23IN4O2S2. The Morgan fingerprint density at radius 2 is 2.22 bits per heavy atom. The molecule has 3 rings (SSSR count). The zero-order valence-electron chi connectivity index (χ0n) is 13.1. The van der Waals surface area contributed by atoms with Gasteiger partial charge in [-0.25, -0.2) is 8.42 Å². The van der Waals surface area contributed by atoms with E-state index in [-0.39, 0.29) is 29.9 Å². The van der Waals surface area contributed by atoms with Crippen LogP contribution in [0.5, 0.6) is 0 Å². The molecule has 23 heavy (non-hydrogen) atoms. The molecule has 2 aliphatic rings. The highest BCUT2D eigenvalue weighted by molar-refractivity contribution is 14.0. The van der Waals surface area contributed by atoms with Gasteiger partial charge in [-0.15, -0.1) is 35.3 Å². The van der Waals surface area contributed by atoms with E-state index in [9.17, 15) is 8.42 Å². The molecule has 1 aliphatic carbocycles. The van der Waals surface area contributed by atoms with Gasteiger partial charge in [-0.3, -0.25) is 4.99 Å². The largest absolute Gasteiger partial charge is 0.370 e. The van der Waals surface area contributed by atoms with E-state index in [0.717, 1.165) is 6.42 Å². The molecule has 9 heteroatoms. The molecule has 0 spiro atoms. The second-order valence-electron chi connectivity index (χ2n) is 5.99. The van der Waals surface area contributed by atoms with Gasteiger partial charge in [-0.2, -0.15) is 4.31 Å². The fourth-order valence-corrected chi connectivity index (χ4v) is 5.36. The van der Waals surface area contributed by atoms with E-state index in [1.807, 2.05) is 11.9 Å². The van der Waals surface area contributed by atoms with E-state index in [4.69, 9.17) is 5.73 Å². The smallest absolute Gasteiger partial charge is 0.252 e. The average Bonchev–Trinajstić information content (AvgIpc) is 3.01. The van der Waals surface area contributed by atoms with Gasteiger partial charge in [0.2, 0.25) is 0 Å². The van der Waals surface area contributed by atoms with Crippen LogP contribution in [0, 0.1) is 5.92 Å². The molecule has 1 aromatic heterocycles. The SMILES string of the molecule is CN(C(N)=NCC1CCN(S(=O)(=O)c2cccs2)C1)C1CC1.I. The quantitative estimate of drug-likeness (QED) is 0.405. The molecule has 0 amide bonds. The van der Waals surface area contributed by atoms with Gasteiger partial charge in [0.25, 0.3) is 10.0 Å². The Kier molecular flexibility index (Phi) is 6.31. The Morgan fingerprint density at radius 3 is 2.83 bits per heavy atom. The summed E-state index contributed by atoms with van der Waals surface area (Å²) in [5, 5.41) is 1.79. The highest BCUT2D eigenvalue weighted by Crippen LogP contribution is 2.27. The minimum absolute atomic E-state index is 0. The van der Waals surface area contributed by atoms with Gasteiger partial charge in [0.05, 0.1) is 0 Å². The predicted molar refractivity (Wildman–Crippen MR) is 104 cm³/mol. The maximum absolute atomic E-state index is 12.5. The van der Waals surface area contributed by atoms with Crippen molar-refractivity contribution in [2.75, 3.05) is 26.7 Å². The second kappa shape index (κ2) is 7.66. The van der Waals surface area contributed by atoms with Gasteiger partial charge < -0.3 is 10.6 Å². The molecule has 2 heterocycles. The van der Waals surface area contributed by atoms with E-state index < -0.39 is 10.0 Å². The fraction of sp³-hybridized carbons (Fsp3) is 0.643. The molecule has 0 aromatic carbocycles. The first-order chi connectivity index (χ1) is 10.5. The highest BCUT2D eigenvalue weighted by atomic mass is 127. The Morgan fingerprint density at radius 1 is 1.48 bits per heavy atom. The van der Waals surface area contributed by atoms with Gasteiger partial charge in [-0.05, 0) is 36.6 Å². The molecule has 1 saturated heterocycles. The van der Waals surface area contributed by atoms with E-state index in [0.29, 0.717) is 35.8 Å². The van der Waals surface area contributed by atoms with Crippen LogP contribution in [0.3, 0.4) is 0 Å². The number of nitrogens with zero attached hydrogens (tertiary/aromatic N) is 3. The number of hydrogen-bond acceptors (Lipinski definition) is 4. The third kappa shape index (κ3) is 4.37. The maximum atomic E-state index is 12.5. The summed E-state index contributed by atoms with van der Waals surface area (Å²) in [6, 6.07) is 3.97. The maximum Gasteiger partial charge on any atom is 0.252 e. The van der Waals surface area contributed by atoms with Crippen molar-refractivity contribution in [2.45, 2.75) is 29.5 Å². The molecule has 0 radical (unpaired) electrons. The molecule has 1 unspecified atom stereocenters. The van der Waals surface area contributed by atoms with Crippen LogP contribution in [-0.4, -0.2) is 56.3 Å². The lowest BCUT2D eigenvalue weighted by atomic mass is 10.1. The Labute approximate surface area is 158 Å². The molecule has 130 valence electrons. The van der Waals surface area contributed by atoms with E-state index >= 15 is 0 Å². The number of rotatable bonds is 5. The summed E-state index contributed by atoms with van der Waals surface area (Å²) >= 11 is 1.27. The normalized spacial score (nSPS) is 22.8. The lowest BCUT2D eigenvalue weighted by Crippen LogP contribution is -2.36. The third-order valence-electron chi connectivity index (χ3n) is 4.31. The number of guanidine groups is 1. The fourth-order valence-electron chi connectivity index (χ4n) is 2.69. The van der Waals surface area contributed by atoms with Crippen LogP contribution in [0.4, 0.5) is 0 Å². The number of halogens is 1. The number of hydrogen-bond donors (Lipinski definition) is 1. The van der Waals surface area contributed by atoms with Crippen LogP contribution < -0.4 is 5.73 Å². The van der Waals surface area contributed by atoms with E-state index in [1.165, 1.54) is 24.2 Å². The van der Waals surface area contributed by atoms with Crippen molar-refractivity contribution in [1.82, 2.24) is 9.21 Å². The Hall–Kier alpha value is -0.390. The first kappa shape index (κ1) is 18.9. The lowest BCUT2D eigenvalue weighted by Gasteiger charge is -2.18. The van der Waals surface area contributed by atoms with Gasteiger partial charge in [0, 0.05) is 32.7 Å². The summed E-state index contributed by atoms with van der Waals surface area (Å²) < 4.78 is 26.9. The van der Waals surface area contributed by atoms with Crippen molar-refractivity contribution in [3.63, 3.8) is 0 Å². The molecule has 1 atom stereocenters. The van der Waals surface area contributed by atoms with Crippen molar-refractivity contribution in [2.24, 2.45) is 16.6 Å². The highest BCUT2D eigenvalue weighted by Gasteiger charge is 2.33. The number of sulfonamides is 1. The molecule has 6 nitrogen and oxygen atoms in total. The summed E-state index contributed by atoms with van der Waals surface area (Å²) in [5.41, 5.74) is 5.98. The average molecular weight is 470 g/mol. The van der Waals surface area contributed by atoms with Crippen molar-refractivity contribution in [3.05, 3.63) is 17.5 Å². The molecule has 1 saturated carbocycles. The van der Waals surface area contributed by atoms with Crippen LogP contribution in [0.1, 0.15) is 19.3 Å². The van der Waals surface area contributed by atoms with Gasteiger partial charge in [0.1, 0.15) is 4.21 Å². The number of thiophene rings is 1. The van der Waals surface area contributed by atoms with E-state index in [2.05, 4.69) is 4.99 Å². The zero-order valence-corrected chi connectivity index (χ0v) is 17.1. The van der Waals surface area contributed by atoms with Crippen molar-refractivity contribution >= 4 is 51.3 Å². The predicted octanol–water partition coefficient (Wildman–Crippen LogP) is 1.79. The lowest BCUT2D eigenvalue weighted by molar-refractivity contribution is 0.456. The van der Waals surface area contributed by atoms with Crippen molar-refractivity contribution < 1.29 is 8.42 Å². The van der Waals surface area contributed by atoms with Crippen LogP contribution in [-0.2, 0) is 10.0 Å². The summed E-state index contributed by atoms with van der Waals surface area (Å²) in [4.78, 5) is 6.47. The topological polar surface area (TPSA) is 79.0 Å². The van der Waals surface area contributed by atoms with Crippen LogP contribution in [0.25, 0.3) is 0 Å². The molecule has 2 N–H and O–H groups in total. The van der Waals surface area contributed by atoms with Crippen LogP contribution >= 0.6 is 35.3 Å². The molecule has 1 aromatic rings. The zero-order chi connectivity index (χ0) is 15.7. The molecular weight excluding hydrogens is 447 g/mol. The molecule has 0 bridgehead atoms. The summed E-state index contributed by atoms with van der Waals surface area (Å²) in [5.74, 6) is 0.822. The van der Waals surface area contributed by atoms with Gasteiger partial charge in [0.15, 0.2) is 5.96 Å². The van der Waals surface area contributed by atoms with Crippen molar-refractivity contribution in [1.29, 1.82) is 0 Å². The van der Waals surface area contributed by atoms with Gasteiger partial charge in [-0.1, -0.05) is 6.07 Å². The summed E-state index contributed by atoms with van der Waals surface area (Å²) in [7, 11) is -1.35. The minimum Gasteiger partial charge on any atom is -0.370 e. The van der Waals surface area contributed by atoms with Crippen LogP contribution in [0.15, 0.2) is 26.7 Å². The summed E-state index contributed by atoms with van der Waals surface area (Å²) in [6.45, 7) is 1.70. The second-order valence-corrected chi connectivity index (χ2v) is 9.10. The van der Waals surface area contributed by atoms with E-state index in [1.54, 1.807) is 21.8 Å². The number of aliphatic imine (C=N–C) groups is 1. The Balaban J connectivity index is 0.00000192. The standard InChI is InChI=1S/C14H22N4O2S2.HI/c1-17(12-4-5-12)14(15)16-9-11-6-7-18(10-11)22(19,20)13-3-2-8-21-13;/h2-3,8,11-12H,4-7,9-10H2,1H3,(H2,15,16);1H. The minimum atomic E-state index is -3.32. The first-order valence-corrected chi connectivity index (χ1v) is 9.87. The monoisotopic (exact) mass is 470 g/mol. The molecule has 2 fully saturated rings. The first-order valence-electron chi connectivity index (χ1n) is 7.55. The summed E-state index contributed by atoms with van der Waals surface area (Å²) in [6.07, 6.45) is 3.21. The van der Waals surface area contributed by atoms with Gasteiger partial charge >= 0.3 is 0 Å². The van der Waals surface area contributed by atoms with Crippen molar-refractivity contribution in [3.8, 4) is 0 Å².